The third-order valence-corrected chi connectivity index (χ3v) is 5.47. The summed E-state index contributed by atoms with van der Waals surface area (Å²) in [5, 5.41) is 13.9. The molecule has 1 aliphatic carbocycles. The molecule has 1 aromatic heterocycles. The second-order valence-electron chi connectivity index (χ2n) is 7.77. The van der Waals surface area contributed by atoms with Crippen molar-refractivity contribution in [1.82, 2.24) is 15.2 Å². The summed E-state index contributed by atoms with van der Waals surface area (Å²) in [6, 6.07) is 12.6. The third-order valence-electron chi connectivity index (χ3n) is 5.47. The average Bonchev–Trinajstić information content (AvgIpc) is 2.74. The summed E-state index contributed by atoms with van der Waals surface area (Å²) < 4.78 is 5.96. The number of nitrogens with one attached hydrogen (secondary N) is 1. The lowest BCUT2D eigenvalue weighted by atomic mass is 9.94. The van der Waals surface area contributed by atoms with E-state index in [0.29, 0.717) is 25.7 Å². The van der Waals surface area contributed by atoms with E-state index in [0.717, 1.165) is 23.4 Å². The van der Waals surface area contributed by atoms with Crippen molar-refractivity contribution in [2.75, 3.05) is 20.2 Å². The van der Waals surface area contributed by atoms with E-state index in [1.54, 1.807) is 6.20 Å². The summed E-state index contributed by atoms with van der Waals surface area (Å²) in [5.41, 5.74) is 2.25. The highest BCUT2D eigenvalue weighted by molar-refractivity contribution is 5.33. The van der Waals surface area contributed by atoms with E-state index in [2.05, 4.69) is 34.4 Å². The Morgan fingerprint density at radius 2 is 1.96 bits per heavy atom. The van der Waals surface area contributed by atoms with Crippen molar-refractivity contribution in [2.45, 2.75) is 57.3 Å². The highest BCUT2D eigenvalue weighted by atomic mass is 16.5. The number of benzene rings is 1. The van der Waals surface area contributed by atoms with Gasteiger partial charge in [0, 0.05) is 43.6 Å². The number of hydrogen-bond acceptors (Lipinski definition) is 5. The van der Waals surface area contributed by atoms with Crippen LogP contribution in [0.25, 0.3) is 0 Å². The van der Waals surface area contributed by atoms with E-state index < -0.39 is 6.10 Å². The smallest absolute Gasteiger partial charge is 0.123 e. The molecule has 1 heterocycles. The first-order valence-electron chi connectivity index (χ1n) is 10.4. The molecule has 1 aliphatic rings. The van der Waals surface area contributed by atoms with E-state index >= 15 is 0 Å². The molecule has 1 saturated carbocycles. The molecule has 1 fully saturated rings. The molecular weight excluding hydrogens is 350 g/mol. The van der Waals surface area contributed by atoms with E-state index in [9.17, 15) is 5.11 Å². The maximum atomic E-state index is 10.4. The summed E-state index contributed by atoms with van der Waals surface area (Å²) in [6.07, 6.45) is 9.62. The predicted octanol–water partition coefficient (Wildman–Crippen LogP) is 3.38. The van der Waals surface area contributed by atoms with Crippen molar-refractivity contribution in [1.29, 1.82) is 0 Å². The van der Waals surface area contributed by atoms with Crippen LogP contribution in [0.5, 0.6) is 5.75 Å². The highest BCUT2D eigenvalue weighted by Gasteiger charge is 2.20. The highest BCUT2D eigenvalue weighted by Crippen LogP contribution is 2.22. The molecule has 0 saturated heterocycles. The zero-order valence-corrected chi connectivity index (χ0v) is 16.9. The zero-order chi connectivity index (χ0) is 19.6. The van der Waals surface area contributed by atoms with Crippen LogP contribution in [-0.2, 0) is 13.1 Å². The SMILES string of the molecule is CN(C[C@H](O)COc1ccccc1CNCc1cccnc1)C1CCCCC1. The van der Waals surface area contributed by atoms with Gasteiger partial charge >= 0.3 is 0 Å². The monoisotopic (exact) mass is 383 g/mol. The minimum Gasteiger partial charge on any atom is -0.491 e. The summed E-state index contributed by atoms with van der Waals surface area (Å²) in [7, 11) is 2.12. The van der Waals surface area contributed by atoms with Crippen molar-refractivity contribution in [3.8, 4) is 5.75 Å². The molecule has 0 unspecified atom stereocenters. The van der Waals surface area contributed by atoms with Crippen LogP contribution in [0, 0.1) is 0 Å². The molecule has 2 aromatic rings. The molecular formula is C23H33N3O2. The van der Waals surface area contributed by atoms with E-state index in [4.69, 9.17) is 4.74 Å². The van der Waals surface area contributed by atoms with Crippen LogP contribution in [0.3, 0.4) is 0 Å². The molecule has 152 valence electrons. The Labute approximate surface area is 168 Å². The number of rotatable bonds is 10. The maximum Gasteiger partial charge on any atom is 0.123 e. The van der Waals surface area contributed by atoms with Gasteiger partial charge in [-0.3, -0.25) is 4.98 Å². The molecule has 1 aromatic carbocycles. The van der Waals surface area contributed by atoms with Crippen LogP contribution in [-0.4, -0.2) is 47.3 Å². The van der Waals surface area contributed by atoms with E-state index in [-0.39, 0.29) is 0 Å². The van der Waals surface area contributed by atoms with Gasteiger partial charge < -0.3 is 20.1 Å². The van der Waals surface area contributed by atoms with Gasteiger partial charge in [0.15, 0.2) is 0 Å². The standard InChI is InChI=1S/C23H33N3O2/c1-26(21-10-3-2-4-11-21)17-22(27)18-28-23-12-6-5-9-20(23)16-25-15-19-8-7-13-24-14-19/h5-9,12-14,21-22,25,27H,2-4,10-11,15-18H2,1H3/t22-/m0/s1. The fraction of sp³-hybridized carbons (Fsp3) is 0.522. The molecule has 5 nitrogen and oxygen atoms in total. The quantitative estimate of drug-likeness (QED) is 0.659. The maximum absolute atomic E-state index is 10.4. The van der Waals surface area contributed by atoms with Gasteiger partial charge in [0.2, 0.25) is 0 Å². The topological polar surface area (TPSA) is 57.6 Å². The Balaban J connectivity index is 1.44. The van der Waals surface area contributed by atoms with Crippen LogP contribution in [0.2, 0.25) is 0 Å². The Kier molecular flexibility index (Phi) is 8.27. The van der Waals surface area contributed by atoms with Gasteiger partial charge in [0.1, 0.15) is 18.5 Å². The second-order valence-corrected chi connectivity index (χ2v) is 7.77. The Morgan fingerprint density at radius 1 is 1.14 bits per heavy atom. The molecule has 2 N–H and O–H groups in total. The lowest BCUT2D eigenvalue weighted by Crippen LogP contribution is -2.40. The van der Waals surface area contributed by atoms with Crippen LogP contribution in [0.15, 0.2) is 48.8 Å². The Morgan fingerprint density at radius 3 is 2.75 bits per heavy atom. The fourth-order valence-electron chi connectivity index (χ4n) is 3.88. The van der Waals surface area contributed by atoms with E-state index in [1.807, 2.05) is 30.5 Å². The largest absolute Gasteiger partial charge is 0.491 e. The predicted molar refractivity (Wildman–Crippen MR) is 112 cm³/mol. The second kappa shape index (κ2) is 11.1. The van der Waals surface area contributed by atoms with Gasteiger partial charge in [-0.05, 0) is 37.6 Å². The molecule has 0 bridgehead atoms. The van der Waals surface area contributed by atoms with Gasteiger partial charge in [-0.1, -0.05) is 43.5 Å². The average molecular weight is 384 g/mol. The number of nitrogens with zero attached hydrogens (tertiary/aromatic N) is 2. The van der Waals surface area contributed by atoms with Crippen molar-refractivity contribution < 1.29 is 9.84 Å². The van der Waals surface area contributed by atoms with Crippen LogP contribution < -0.4 is 10.1 Å². The minimum atomic E-state index is -0.483. The number of para-hydroxylation sites is 1. The number of aliphatic hydroxyl groups is 1. The number of aromatic nitrogens is 1. The van der Waals surface area contributed by atoms with Crippen LogP contribution in [0.1, 0.15) is 43.2 Å². The molecule has 5 heteroatoms. The van der Waals surface area contributed by atoms with Gasteiger partial charge in [-0.2, -0.15) is 0 Å². The summed E-state index contributed by atoms with van der Waals surface area (Å²) >= 11 is 0. The van der Waals surface area contributed by atoms with Crippen LogP contribution in [0.4, 0.5) is 0 Å². The molecule has 0 radical (unpaired) electrons. The summed E-state index contributed by atoms with van der Waals surface area (Å²) in [6.45, 7) is 2.45. The first-order valence-corrected chi connectivity index (χ1v) is 10.4. The number of likely N-dealkylation sites (N-methyl/N-ethyl adjacent to an activating group) is 1. The molecule has 28 heavy (non-hydrogen) atoms. The molecule has 0 aliphatic heterocycles. The first kappa shape index (κ1) is 20.8. The van der Waals surface area contributed by atoms with Gasteiger partial charge in [0.05, 0.1) is 0 Å². The Bertz CT molecular complexity index is 689. The van der Waals surface area contributed by atoms with Crippen molar-refractivity contribution in [3.05, 3.63) is 59.9 Å². The first-order chi connectivity index (χ1) is 13.7. The lowest BCUT2D eigenvalue weighted by Gasteiger charge is -2.32. The number of hydrogen-bond donors (Lipinski definition) is 2. The number of pyridine rings is 1. The van der Waals surface area contributed by atoms with Crippen molar-refractivity contribution in [2.24, 2.45) is 0 Å². The summed E-state index contributed by atoms with van der Waals surface area (Å²) in [5.74, 6) is 0.834. The Hall–Kier alpha value is -1.95. The van der Waals surface area contributed by atoms with Gasteiger partial charge in [-0.15, -0.1) is 0 Å². The van der Waals surface area contributed by atoms with E-state index in [1.165, 1.54) is 32.1 Å². The van der Waals surface area contributed by atoms with Crippen LogP contribution >= 0.6 is 0 Å². The molecule has 1 atom stereocenters. The molecule has 0 spiro atoms. The molecule has 0 amide bonds. The lowest BCUT2D eigenvalue weighted by molar-refractivity contribution is 0.0558. The zero-order valence-electron chi connectivity index (χ0n) is 16.9. The normalized spacial score (nSPS) is 16.2. The number of aliphatic hydroxyl groups excluding tert-OH is 1. The fourth-order valence-corrected chi connectivity index (χ4v) is 3.88. The molecule has 3 rings (SSSR count). The third kappa shape index (κ3) is 6.59. The van der Waals surface area contributed by atoms with Gasteiger partial charge in [-0.25, -0.2) is 0 Å². The van der Waals surface area contributed by atoms with Gasteiger partial charge in [0.25, 0.3) is 0 Å². The van der Waals surface area contributed by atoms with Crippen molar-refractivity contribution in [3.63, 3.8) is 0 Å². The minimum absolute atomic E-state index is 0.316. The van der Waals surface area contributed by atoms with Crippen molar-refractivity contribution >= 4 is 0 Å². The summed E-state index contributed by atoms with van der Waals surface area (Å²) in [4.78, 5) is 6.44. The number of ether oxygens (including phenoxy) is 1.